The maximum Gasteiger partial charge on any atom is 0.300 e. The molecular weight excluding hydrogens is 503 g/mol. The summed E-state index contributed by atoms with van der Waals surface area (Å²) in [4.78, 5) is 19.8. The first-order valence-electron chi connectivity index (χ1n) is 11.6. The van der Waals surface area contributed by atoms with Crippen molar-refractivity contribution in [2.45, 2.75) is 12.6 Å². The van der Waals surface area contributed by atoms with Crippen LogP contribution in [0.2, 0.25) is 0 Å². The molecule has 3 N–H and O–H groups in total. The highest BCUT2D eigenvalue weighted by Gasteiger charge is 2.28. The lowest BCUT2D eigenvalue weighted by Gasteiger charge is -2.30. The molecule has 0 radical (unpaired) electrons. The summed E-state index contributed by atoms with van der Waals surface area (Å²) in [5.74, 6) is -0.892. The Bertz CT molecular complexity index is 1530. The zero-order chi connectivity index (χ0) is 26.3. The Morgan fingerprint density at radius 2 is 1.95 bits per heavy atom. The lowest BCUT2D eigenvalue weighted by Crippen LogP contribution is -2.37. The zero-order valence-corrected chi connectivity index (χ0v) is 21.1. The van der Waals surface area contributed by atoms with Crippen LogP contribution in [0.5, 0.6) is 5.75 Å². The van der Waals surface area contributed by atoms with Crippen molar-refractivity contribution in [1.82, 2.24) is 20.0 Å². The number of ether oxygens (including phenoxy) is 1. The van der Waals surface area contributed by atoms with Crippen LogP contribution in [0.25, 0.3) is 5.65 Å². The number of pyridine rings is 1. The number of anilines is 2. The molecular formula is C24H27FN6O5S. The second-order valence-electron chi connectivity index (χ2n) is 8.97. The van der Waals surface area contributed by atoms with Crippen molar-refractivity contribution >= 4 is 27.0 Å². The van der Waals surface area contributed by atoms with Gasteiger partial charge >= 0.3 is 5.56 Å². The number of nitrogens with zero attached hydrogens (tertiary/aromatic N) is 4. The van der Waals surface area contributed by atoms with Gasteiger partial charge < -0.3 is 25.4 Å². The van der Waals surface area contributed by atoms with E-state index in [4.69, 9.17) is 4.74 Å². The highest BCUT2D eigenvalue weighted by atomic mass is 32.2. The predicted octanol–water partition coefficient (Wildman–Crippen LogP) is 1.05. The number of sulfonamides is 1. The number of rotatable bonds is 6. The molecule has 13 heteroatoms. The molecule has 5 rings (SSSR count). The molecule has 0 spiro atoms. The van der Waals surface area contributed by atoms with Gasteiger partial charge in [-0.3, -0.25) is 13.5 Å². The number of morpholine rings is 1. The van der Waals surface area contributed by atoms with Gasteiger partial charge in [0.15, 0.2) is 5.65 Å². The summed E-state index contributed by atoms with van der Waals surface area (Å²) in [6.07, 6.45) is 4.04. The van der Waals surface area contributed by atoms with Gasteiger partial charge in [-0.2, -0.15) is 0 Å². The molecule has 3 aromatic rings. The topological polar surface area (TPSA) is 129 Å². The average molecular weight is 531 g/mol. The molecule has 2 aliphatic heterocycles. The third-order valence-electron chi connectivity index (χ3n) is 6.44. The Labute approximate surface area is 212 Å². The van der Waals surface area contributed by atoms with E-state index < -0.39 is 27.5 Å². The summed E-state index contributed by atoms with van der Waals surface area (Å²) in [7, 11) is -2.30. The standard InChI is InChI=1S/C24H27FN6O5S/c1-29(37(2,34)35)19-12-18(30-7-9-36-10-8-30)14-31-23(19)28-20(21(32)24(31)33)22-26-13-17(27-22)11-15-3-5-16(25)6-4-15/h3-6,12-14,22,26-27,32H,7-11H2,1-2H3. The van der Waals surface area contributed by atoms with Crippen molar-refractivity contribution in [1.29, 1.82) is 0 Å². The minimum atomic E-state index is -3.69. The average Bonchev–Trinajstić information content (AvgIpc) is 3.34. The maximum absolute atomic E-state index is 13.3. The van der Waals surface area contributed by atoms with Crippen LogP contribution in [-0.4, -0.2) is 62.5 Å². The summed E-state index contributed by atoms with van der Waals surface area (Å²) in [6.45, 7) is 2.13. The number of benzene rings is 1. The van der Waals surface area contributed by atoms with Crippen molar-refractivity contribution in [3.8, 4) is 5.75 Å². The van der Waals surface area contributed by atoms with Crippen LogP contribution >= 0.6 is 0 Å². The molecule has 2 aliphatic rings. The Kier molecular flexibility index (Phi) is 6.42. The maximum atomic E-state index is 13.3. The molecule has 11 nitrogen and oxygen atoms in total. The highest BCUT2D eigenvalue weighted by Crippen LogP contribution is 2.30. The van der Waals surface area contributed by atoms with Crippen LogP contribution in [0.4, 0.5) is 15.8 Å². The normalized spacial score (nSPS) is 17.9. The summed E-state index contributed by atoms with van der Waals surface area (Å²) in [6, 6.07) is 7.75. The molecule has 2 aromatic heterocycles. The monoisotopic (exact) mass is 530 g/mol. The van der Waals surface area contributed by atoms with E-state index >= 15 is 0 Å². The lowest BCUT2D eigenvalue weighted by atomic mass is 10.1. The van der Waals surface area contributed by atoms with Gasteiger partial charge in [-0.05, 0) is 23.8 Å². The minimum absolute atomic E-state index is 0.0256. The number of allylic oxidation sites excluding steroid dienone is 1. The van der Waals surface area contributed by atoms with Gasteiger partial charge in [0.1, 0.15) is 17.7 Å². The summed E-state index contributed by atoms with van der Waals surface area (Å²) in [5.41, 5.74) is 1.80. The molecule has 1 atom stereocenters. The predicted molar refractivity (Wildman–Crippen MR) is 137 cm³/mol. The van der Waals surface area contributed by atoms with Crippen LogP contribution in [0, 0.1) is 5.82 Å². The van der Waals surface area contributed by atoms with E-state index in [9.17, 15) is 22.7 Å². The Hall–Kier alpha value is -3.84. The second kappa shape index (κ2) is 9.56. The van der Waals surface area contributed by atoms with E-state index in [1.54, 1.807) is 30.6 Å². The number of halogens is 1. The van der Waals surface area contributed by atoms with Crippen molar-refractivity contribution in [3.63, 3.8) is 0 Å². The fourth-order valence-electron chi connectivity index (χ4n) is 4.35. The number of hydrogen-bond donors (Lipinski definition) is 3. The molecule has 0 saturated carbocycles. The highest BCUT2D eigenvalue weighted by molar-refractivity contribution is 7.92. The number of fused-ring (bicyclic) bond motifs is 1. The van der Waals surface area contributed by atoms with E-state index in [2.05, 4.69) is 15.6 Å². The van der Waals surface area contributed by atoms with Crippen LogP contribution in [0.1, 0.15) is 17.4 Å². The quantitative estimate of drug-likeness (QED) is 0.428. The van der Waals surface area contributed by atoms with Crippen molar-refractivity contribution in [2.24, 2.45) is 0 Å². The molecule has 1 fully saturated rings. The van der Waals surface area contributed by atoms with Crippen LogP contribution < -0.4 is 25.4 Å². The molecule has 1 unspecified atom stereocenters. The summed E-state index contributed by atoms with van der Waals surface area (Å²) >= 11 is 0. The largest absolute Gasteiger partial charge is 0.502 e. The van der Waals surface area contributed by atoms with Crippen LogP contribution in [0.3, 0.4) is 0 Å². The summed E-state index contributed by atoms with van der Waals surface area (Å²) < 4.78 is 45.8. The number of nitrogens with one attached hydrogen (secondary N) is 2. The fraction of sp³-hybridized carbons (Fsp3) is 0.333. The van der Waals surface area contributed by atoms with Crippen molar-refractivity contribution < 1.29 is 22.7 Å². The van der Waals surface area contributed by atoms with E-state index in [-0.39, 0.29) is 22.8 Å². The van der Waals surface area contributed by atoms with Gasteiger partial charge in [-0.15, -0.1) is 0 Å². The Morgan fingerprint density at radius 1 is 1.24 bits per heavy atom. The van der Waals surface area contributed by atoms with Gasteiger partial charge in [0.25, 0.3) is 0 Å². The summed E-state index contributed by atoms with van der Waals surface area (Å²) in [5, 5.41) is 17.1. The second-order valence-corrected chi connectivity index (χ2v) is 11.0. The van der Waals surface area contributed by atoms with Gasteiger partial charge in [-0.25, -0.2) is 17.8 Å². The van der Waals surface area contributed by atoms with E-state index in [0.717, 1.165) is 21.8 Å². The smallest absolute Gasteiger partial charge is 0.300 e. The van der Waals surface area contributed by atoms with E-state index in [0.29, 0.717) is 38.4 Å². The SMILES string of the molecule is CN(c1cc(N2CCOCC2)cn2c(=O)c(O)c(C3NC=C(Cc4ccc(F)cc4)N3)nc12)S(C)(=O)=O. The van der Waals surface area contributed by atoms with Crippen LogP contribution in [0.15, 0.2) is 53.2 Å². The molecule has 1 saturated heterocycles. The molecule has 0 amide bonds. The lowest BCUT2D eigenvalue weighted by molar-refractivity contribution is 0.122. The number of aromatic hydroxyl groups is 1. The fourth-order valence-corrected chi connectivity index (χ4v) is 4.84. The molecule has 1 aromatic carbocycles. The van der Waals surface area contributed by atoms with Crippen molar-refractivity contribution in [3.05, 3.63) is 75.9 Å². The number of hydrogen-bond acceptors (Lipinski definition) is 9. The first-order valence-corrected chi connectivity index (χ1v) is 13.5. The Morgan fingerprint density at radius 3 is 2.62 bits per heavy atom. The first-order chi connectivity index (χ1) is 17.6. The van der Waals surface area contributed by atoms with Gasteiger partial charge in [0, 0.05) is 44.7 Å². The number of aromatic nitrogens is 2. The van der Waals surface area contributed by atoms with E-state index in [1.165, 1.54) is 23.6 Å². The minimum Gasteiger partial charge on any atom is -0.502 e. The molecule has 0 aliphatic carbocycles. The zero-order valence-electron chi connectivity index (χ0n) is 20.3. The third kappa shape index (κ3) is 4.91. The molecule has 4 heterocycles. The molecule has 0 bridgehead atoms. The first kappa shape index (κ1) is 24.8. The molecule has 37 heavy (non-hydrogen) atoms. The third-order valence-corrected chi connectivity index (χ3v) is 7.63. The van der Waals surface area contributed by atoms with Crippen LogP contribution in [-0.2, 0) is 21.2 Å². The van der Waals surface area contributed by atoms with E-state index in [1.807, 2.05) is 4.90 Å². The van der Waals surface area contributed by atoms with Gasteiger partial charge in [0.2, 0.25) is 15.8 Å². The molecule has 196 valence electrons. The van der Waals surface area contributed by atoms with Gasteiger partial charge in [-0.1, -0.05) is 12.1 Å². The Balaban J connectivity index is 1.54. The van der Waals surface area contributed by atoms with Gasteiger partial charge in [0.05, 0.1) is 30.8 Å². The van der Waals surface area contributed by atoms with Crippen molar-refractivity contribution in [2.75, 3.05) is 48.8 Å².